The van der Waals surface area contributed by atoms with Gasteiger partial charge in [0.15, 0.2) is 0 Å². The first-order valence-electron chi connectivity index (χ1n) is 8.29. The maximum atomic E-state index is 12.2. The van der Waals surface area contributed by atoms with Gasteiger partial charge in [0.1, 0.15) is 5.78 Å². The van der Waals surface area contributed by atoms with Crippen molar-refractivity contribution >= 4 is 5.78 Å². The highest BCUT2D eigenvalue weighted by atomic mass is 16.1. The second kappa shape index (κ2) is 5.39. The summed E-state index contributed by atoms with van der Waals surface area (Å²) in [6, 6.07) is 0.722. The molecular formula is C16H29N3O. The van der Waals surface area contributed by atoms with Crippen LogP contribution in [0, 0.1) is 23.7 Å². The zero-order chi connectivity index (χ0) is 14.4. The molecule has 6 atom stereocenters. The van der Waals surface area contributed by atoms with Gasteiger partial charge in [-0.3, -0.25) is 15.0 Å². The van der Waals surface area contributed by atoms with Crippen molar-refractivity contribution in [2.45, 2.75) is 52.4 Å². The lowest BCUT2D eigenvalue weighted by Crippen LogP contribution is -2.52. The molecule has 4 heteroatoms. The van der Waals surface area contributed by atoms with E-state index in [1.165, 1.54) is 6.42 Å². The first kappa shape index (κ1) is 14.5. The van der Waals surface area contributed by atoms with Crippen molar-refractivity contribution in [3.63, 3.8) is 0 Å². The Balaban J connectivity index is 1.94. The molecule has 3 aliphatic rings. The average Bonchev–Trinajstić information content (AvgIpc) is 2.91. The van der Waals surface area contributed by atoms with Crippen LogP contribution in [0.15, 0.2) is 0 Å². The van der Waals surface area contributed by atoms with Gasteiger partial charge in [0.2, 0.25) is 0 Å². The molecule has 0 aromatic rings. The minimum atomic E-state index is 0.123. The monoisotopic (exact) mass is 279 g/mol. The van der Waals surface area contributed by atoms with Crippen molar-refractivity contribution in [2.75, 3.05) is 19.6 Å². The second-order valence-electron chi connectivity index (χ2n) is 7.16. The molecule has 0 bridgehead atoms. The smallest absolute Gasteiger partial charge is 0.147 e. The first-order valence-corrected chi connectivity index (χ1v) is 8.29. The largest absolute Gasteiger partial charge is 0.315 e. The highest BCUT2D eigenvalue weighted by Gasteiger charge is 2.58. The Labute approximate surface area is 122 Å². The van der Waals surface area contributed by atoms with Crippen molar-refractivity contribution in [2.24, 2.45) is 23.7 Å². The van der Waals surface area contributed by atoms with Crippen LogP contribution in [0.1, 0.15) is 34.1 Å². The predicted molar refractivity (Wildman–Crippen MR) is 80.4 cm³/mol. The summed E-state index contributed by atoms with van der Waals surface area (Å²) in [7, 11) is 0. The summed E-state index contributed by atoms with van der Waals surface area (Å²) >= 11 is 0. The Morgan fingerprint density at radius 1 is 1.40 bits per heavy atom. The van der Waals surface area contributed by atoms with E-state index in [0.29, 0.717) is 35.7 Å². The molecule has 0 spiro atoms. The number of nitrogens with zero attached hydrogens (tertiary/aromatic N) is 1. The molecule has 4 nitrogen and oxygen atoms in total. The fourth-order valence-electron chi connectivity index (χ4n) is 5.21. The number of Topliss-reactive ketones (excluding diaryl/α,β-unsaturated/α-hetero) is 1. The molecule has 0 radical (unpaired) electrons. The third kappa shape index (κ3) is 2.04. The molecule has 3 saturated heterocycles. The quantitative estimate of drug-likeness (QED) is 0.811. The van der Waals surface area contributed by atoms with E-state index >= 15 is 0 Å². The maximum Gasteiger partial charge on any atom is 0.147 e. The maximum absolute atomic E-state index is 12.2. The zero-order valence-corrected chi connectivity index (χ0v) is 13.2. The normalized spacial score (nSPS) is 44.6. The third-order valence-corrected chi connectivity index (χ3v) is 5.85. The van der Waals surface area contributed by atoms with Crippen molar-refractivity contribution in [1.82, 2.24) is 15.5 Å². The molecule has 2 N–H and O–H groups in total. The summed E-state index contributed by atoms with van der Waals surface area (Å²) in [4.78, 5) is 14.7. The third-order valence-electron chi connectivity index (χ3n) is 5.85. The van der Waals surface area contributed by atoms with E-state index in [1.54, 1.807) is 6.92 Å². The lowest BCUT2D eigenvalue weighted by molar-refractivity contribution is -0.123. The SMILES string of the molecule is CCN1C2NC3CNCCC3C2C(C(C)C)C1C(C)=O. The Morgan fingerprint density at radius 2 is 2.15 bits per heavy atom. The number of carbonyl (C=O) groups excluding carboxylic acids is 1. The van der Waals surface area contributed by atoms with Gasteiger partial charge in [-0.1, -0.05) is 20.8 Å². The summed E-state index contributed by atoms with van der Waals surface area (Å²) in [6.45, 7) is 11.8. The molecule has 20 heavy (non-hydrogen) atoms. The van der Waals surface area contributed by atoms with Crippen LogP contribution in [-0.2, 0) is 4.79 Å². The van der Waals surface area contributed by atoms with Crippen molar-refractivity contribution in [1.29, 1.82) is 0 Å². The van der Waals surface area contributed by atoms with Crippen LogP contribution >= 0.6 is 0 Å². The predicted octanol–water partition coefficient (Wildman–Crippen LogP) is 1.08. The molecule has 0 saturated carbocycles. The van der Waals surface area contributed by atoms with Crippen LogP contribution in [-0.4, -0.2) is 48.6 Å². The highest BCUT2D eigenvalue weighted by Crippen LogP contribution is 2.49. The number of fused-ring (bicyclic) bond motifs is 3. The van der Waals surface area contributed by atoms with Crippen LogP contribution in [0.4, 0.5) is 0 Å². The molecular weight excluding hydrogens is 250 g/mol. The summed E-state index contributed by atoms with van der Waals surface area (Å²) < 4.78 is 0. The number of rotatable bonds is 3. The number of likely N-dealkylation sites (tertiary alicyclic amines) is 1. The van der Waals surface area contributed by atoms with E-state index in [-0.39, 0.29) is 6.04 Å². The fraction of sp³-hybridized carbons (Fsp3) is 0.938. The van der Waals surface area contributed by atoms with Gasteiger partial charge in [0.05, 0.1) is 12.2 Å². The van der Waals surface area contributed by atoms with Gasteiger partial charge < -0.3 is 5.32 Å². The van der Waals surface area contributed by atoms with E-state index in [1.807, 2.05) is 0 Å². The molecule has 0 aromatic heterocycles. The van der Waals surface area contributed by atoms with Crippen LogP contribution in [0.25, 0.3) is 0 Å². The molecule has 3 fully saturated rings. The summed E-state index contributed by atoms with van der Waals surface area (Å²) in [5.74, 6) is 2.83. The van der Waals surface area contributed by atoms with E-state index in [2.05, 4.69) is 36.3 Å². The van der Waals surface area contributed by atoms with Gasteiger partial charge in [-0.15, -0.1) is 0 Å². The minimum Gasteiger partial charge on any atom is -0.315 e. The number of likely N-dealkylation sites (N-methyl/N-ethyl adjacent to an activating group) is 1. The molecule has 3 aliphatic heterocycles. The van der Waals surface area contributed by atoms with Gasteiger partial charge in [-0.2, -0.15) is 0 Å². The number of ketones is 1. The highest BCUT2D eigenvalue weighted by molar-refractivity contribution is 5.82. The van der Waals surface area contributed by atoms with Crippen molar-refractivity contribution in [3.05, 3.63) is 0 Å². The molecule has 114 valence electrons. The fourth-order valence-corrected chi connectivity index (χ4v) is 5.21. The number of carbonyl (C=O) groups is 1. The molecule has 6 unspecified atom stereocenters. The second-order valence-corrected chi connectivity index (χ2v) is 7.16. The van der Waals surface area contributed by atoms with Gasteiger partial charge in [0.25, 0.3) is 0 Å². The summed E-state index contributed by atoms with van der Waals surface area (Å²) in [5.41, 5.74) is 0. The van der Waals surface area contributed by atoms with Gasteiger partial charge >= 0.3 is 0 Å². The molecule has 0 aromatic carbocycles. The van der Waals surface area contributed by atoms with Crippen LogP contribution < -0.4 is 10.6 Å². The standard InChI is InChI=1S/C16H29N3O/c1-5-19-15(10(4)20)13(9(2)3)14-11-6-7-17-8-12(11)18-16(14)19/h9,11-18H,5-8H2,1-4H3. The lowest BCUT2D eigenvalue weighted by Gasteiger charge is -2.36. The Hall–Kier alpha value is -0.450. The van der Waals surface area contributed by atoms with E-state index in [9.17, 15) is 4.79 Å². The minimum absolute atomic E-state index is 0.123. The average molecular weight is 279 g/mol. The molecule has 3 rings (SSSR count). The van der Waals surface area contributed by atoms with Crippen molar-refractivity contribution < 1.29 is 4.79 Å². The summed E-state index contributed by atoms with van der Waals surface area (Å²) in [5, 5.41) is 7.35. The number of hydrogen-bond donors (Lipinski definition) is 2. The molecule has 0 amide bonds. The molecule has 3 heterocycles. The summed E-state index contributed by atoms with van der Waals surface area (Å²) in [6.07, 6.45) is 1.67. The van der Waals surface area contributed by atoms with Crippen LogP contribution in [0.5, 0.6) is 0 Å². The number of nitrogens with one attached hydrogen (secondary N) is 2. The Morgan fingerprint density at radius 3 is 2.75 bits per heavy atom. The van der Waals surface area contributed by atoms with Gasteiger partial charge in [0, 0.05) is 12.6 Å². The first-order chi connectivity index (χ1) is 9.56. The van der Waals surface area contributed by atoms with E-state index in [4.69, 9.17) is 0 Å². The zero-order valence-electron chi connectivity index (χ0n) is 13.2. The van der Waals surface area contributed by atoms with E-state index < -0.39 is 0 Å². The Kier molecular flexibility index (Phi) is 3.91. The topological polar surface area (TPSA) is 44.4 Å². The van der Waals surface area contributed by atoms with E-state index in [0.717, 1.165) is 25.6 Å². The lowest BCUT2D eigenvalue weighted by atomic mass is 9.72. The Bertz CT molecular complexity index is 384. The van der Waals surface area contributed by atoms with Gasteiger partial charge in [-0.05, 0) is 50.1 Å². The van der Waals surface area contributed by atoms with Crippen molar-refractivity contribution in [3.8, 4) is 0 Å². The number of piperidine rings is 1. The van der Waals surface area contributed by atoms with Crippen LogP contribution in [0.3, 0.4) is 0 Å². The van der Waals surface area contributed by atoms with Crippen LogP contribution in [0.2, 0.25) is 0 Å². The van der Waals surface area contributed by atoms with Gasteiger partial charge in [-0.25, -0.2) is 0 Å². The number of hydrogen-bond acceptors (Lipinski definition) is 4. The molecule has 0 aliphatic carbocycles.